The van der Waals surface area contributed by atoms with Gasteiger partial charge in [-0.05, 0) is 29.8 Å². The second kappa shape index (κ2) is 9.25. The van der Waals surface area contributed by atoms with Crippen molar-refractivity contribution in [3.05, 3.63) is 65.7 Å². The molecule has 8 nitrogen and oxygen atoms in total. The van der Waals surface area contributed by atoms with Crippen molar-refractivity contribution in [1.82, 2.24) is 15.2 Å². The van der Waals surface area contributed by atoms with Crippen LogP contribution in [-0.2, 0) is 11.3 Å². The van der Waals surface area contributed by atoms with E-state index in [1.54, 1.807) is 17.0 Å². The second-order valence-corrected chi connectivity index (χ2v) is 7.59. The molecular weight excluding hydrogens is 382 g/mol. The van der Waals surface area contributed by atoms with Gasteiger partial charge in [0.25, 0.3) is 5.91 Å². The molecule has 0 unspecified atom stereocenters. The van der Waals surface area contributed by atoms with E-state index in [-0.39, 0.29) is 11.9 Å². The van der Waals surface area contributed by atoms with Gasteiger partial charge in [-0.2, -0.15) is 0 Å². The summed E-state index contributed by atoms with van der Waals surface area (Å²) in [6, 6.07) is 17.3. The Morgan fingerprint density at radius 1 is 1.00 bits per heavy atom. The summed E-state index contributed by atoms with van der Waals surface area (Å²) in [5.74, 6) is 4.85. The van der Waals surface area contributed by atoms with Crippen molar-refractivity contribution in [2.75, 3.05) is 44.3 Å². The number of rotatable bonds is 5. The van der Waals surface area contributed by atoms with Crippen LogP contribution in [0.15, 0.2) is 54.6 Å². The molecule has 2 aliphatic rings. The number of anilines is 1. The Balaban J connectivity index is 1.47. The van der Waals surface area contributed by atoms with Crippen LogP contribution < -0.4 is 16.2 Å². The zero-order chi connectivity index (χ0) is 20.9. The van der Waals surface area contributed by atoms with Crippen molar-refractivity contribution >= 4 is 17.6 Å². The molecule has 0 spiro atoms. The van der Waals surface area contributed by atoms with E-state index in [4.69, 9.17) is 10.6 Å². The van der Waals surface area contributed by atoms with E-state index < -0.39 is 0 Å². The lowest BCUT2D eigenvalue weighted by molar-refractivity contribution is -0.0738. The number of hydrogen-bond donors (Lipinski definition) is 2. The van der Waals surface area contributed by atoms with Crippen LogP contribution in [0.25, 0.3) is 0 Å². The van der Waals surface area contributed by atoms with Gasteiger partial charge in [0.1, 0.15) is 0 Å². The first-order valence-electron chi connectivity index (χ1n) is 10.2. The normalized spacial score (nSPS) is 17.3. The Labute approximate surface area is 176 Å². The maximum absolute atomic E-state index is 13.4. The summed E-state index contributed by atoms with van der Waals surface area (Å²) >= 11 is 0. The van der Waals surface area contributed by atoms with Crippen LogP contribution in [0.5, 0.6) is 0 Å². The van der Waals surface area contributed by atoms with Gasteiger partial charge in [-0.1, -0.05) is 30.3 Å². The second-order valence-electron chi connectivity index (χ2n) is 7.59. The molecule has 0 atom stereocenters. The molecule has 30 heavy (non-hydrogen) atoms. The molecule has 2 aromatic carbocycles. The van der Waals surface area contributed by atoms with E-state index in [9.17, 15) is 9.59 Å². The number of hydrogen-bond acceptors (Lipinski definition) is 5. The first-order valence-corrected chi connectivity index (χ1v) is 10.2. The van der Waals surface area contributed by atoms with Gasteiger partial charge < -0.3 is 9.64 Å². The number of amides is 3. The van der Waals surface area contributed by atoms with E-state index in [1.807, 2.05) is 47.4 Å². The van der Waals surface area contributed by atoms with E-state index in [2.05, 4.69) is 10.3 Å². The molecule has 0 aliphatic carbocycles. The number of benzene rings is 2. The van der Waals surface area contributed by atoms with Crippen LogP contribution in [0, 0.1) is 0 Å². The Morgan fingerprint density at radius 3 is 2.23 bits per heavy atom. The topological polar surface area (TPSA) is 91.1 Å². The zero-order valence-corrected chi connectivity index (χ0v) is 16.9. The van der Waals surface area contributed by atoms with Crippen molar-refractivity contribution in [3.8, 4) is 0 Å². The number of piperazine rings is 1. The Kier molecular flexibility index (Phi) is 6.27. The smallest absolute Gasteiger partial charge is 0.324 e. The predicted molar refractivity (Wildman–Crippen MR) is 114 cm³/mol. The summed E-state index contributed by atoms with van der Waals surface area (Å²) in [7, 11) is 0. The summed E-state index contributed by atoms with van der Waals surface area (Å²) in [5, 5.41) is 0. The number of carbonyl (C=O) groups is 2. The van der Waals surface area contributed by atoms with Crippen molar-refractivity contribution in [2.24, 2.45) is 5.84 Å². The van der Waals surface area contributed by atoms with Gasteiger partial charge in [-0.15, -0.1) is 0 Å². The molecular formula is C22H27N5O3. The molecule has 0 aromatic heterocycles. The van der Waals surface area contributed by atoms with Crippen LogP contribution in [0.3, 0.4) is 0 Å². The molecule has 2 aromatic rings. The fourth-order valence-electron chi connectivity index (χ4n) is 3.79. The minimum absolute atomic E-state index is 0.00510. The van der Waals surface area contributed by atoms with Crippen molar-refractivity contribution < 1.29 is 14.3 Å². The minimum Gasteiger partial charge on any atom is -0.378 e. The molecule has 3 N–H and O–H groups in total. The molecule has 2 heterocycles. The lowest BCUT2D eigenvalue weighted by Gasteiger charge is -2.43. The van der Waals surface area contributed by atoms with E-state index in [0.29, 0.717) is 31.2 Å². The summed E-state index contributed by atoms with van der Waals surface area (Å²) in [4.78, 5) is 31.2. The van der Waals surface area contributed by atoms with Crippen LogP contribution in [0.1, 0.15) is 15.9 Å². The molecule has 158 valence electrons. The summed E-state index contributed by atoms with van der Waals surface area (Å²) < 4.78 is 5.29. The Morgan fingerprint density at radius 2 is 1.67 bits per heavy atom. The van der Waals surface area contributed by atoms with Crippen molar-refractivity contribution in [2.45, 2.75) is 12.6 Å². The maximum Gasteiger partial charge on any atom is 0.324 e. The largest absolute Gasteiger partial charge is 0.378 e. The highest BCUT2D eigenvalue weighted by atomic mass is 16.5. The van der Waals surface area contributed by atoms with Crippen molar-refractivity contribution in [3.63, 3.8) is 0 Å². The first-order chi connectivity index (χ1) is 14.7. The summed E-state index contributed by atoms with van der Waals surface area (Å²) in [6.07, 6.45) is 0. The molecule has 8 heteroatoms. The van der Waals surface area contributed by atoms with Crippen molar-refractivity contribution in [1.29, 1.82) is 0 Å². The molecule has 3 amide bonds. The monoisotopic (exact) mass is 409 g/mol. The average Bonchev–Trinajstić information content (AvgIpc) is 2.77. The lowest BCUT2D eigenvalue weighted by atomic mass is 10.1. The van der Waals surface area contributed by atoms with Gasteiger partial charge in [-0.25, -0.2) is 10.6 Å². The number of hydrazine groups is 1. The number of nitrogens with zero attached hydrogens (tertiary/aromatic N) is 3. The van der Waals surface area contributed by atoms with Crippen LogP contribution >= 0.6 is 0 Å². The molecule has 2 aliphatic heterocycles. The lowest BCUT2D eigenvalue weighted by Crippen LogP contribution is -2.59. The molecule has 2 saturated heterocycles. The number of ether oxygens (including phenoxy) is 1. The van der Waals surface area contributed by atoms with Gasteiger partial charge >= 0.3 is 6.03 Å². The number of carbonyl (C=O) groups excluding carboxylic acids is 2. The highest BCUT2D eigenvalue weighted by molar-refractivity contribution is 5.94. The van der Waals surface area contributed by atoms with Crippen LogP contribution in [0.2, 0.25) is 0 Å². The number of urea groups is 1. The standard InChI is InChI=1S/C22H27N5O3/c23-24-21(28)18-8-6-17(7-9-18)14-27(19-4-2-1-3-5-19)22(29)26-12-10-25(11-13-26)20-15-30-16-20/h1-9,20H,10-16,23H2,(H,24,28). The highest BCUT2D eigenvalue weighted by Gasteiger charge is 2.32. The fourth-order valence-corrected chi connectivity index (χ4v) is 3.79. The number of para-hydroxylation sites is 1. The molecule has 0 bridgehead atoms. The van der Waals surface area contributed by atoms with E-state index in [1.165, 1.54) is 0 Å². The van der Waals surface area contributed by atoms with E-state index >= 15 is 0 Å². The third-order valence-electron chi connectivity index (χ3n) is 5.71. The first kappa shape index (κ1) is 20.3. The fraction of sp³-hybridized carbons (Fsp3) is 0.364. The van der Waals surface area contributed by atoms with Gasteiger partial charge in [0.15, 0.2) is 0 Å². The summed E-state index contributed by atoms with van der Waals surface area (Å²) in [6.45, 7) is 5.15. The van der Waals surface area contributed by atoms with Crippen LogP contribution in [0.4, 0.5) is 10.5 Å². The van der Waals surface area contributed by atoms with E-state index in [0.717, 1.165) is 37.6 Å². The zero-order valence-electron chi connectivity index (χ0n) is 16.9. The average molecular weight is 409 g/mol. The highest BCUT2D eigenvalue weighted by Crippen LogP contribution is 2.21. The molecule has 0 radical (unpaired) electrons. The molecule has 4 rings (SSSR count). The Bertz CT molecular complexity index is 862. The van der Waals surface area contributed by atoms with Gasteiger partial charge in [0.05, 0.1) is 25.8 Å². The SMILES string of the molecule is NNC(=O)c1ccc(CN(C(=O)N2CCN(C3COC3)CC2)c2ccccc2)cc1. The molecule has 2 fully saturated rings. The minimum atomic E-state index is -0.340. The quantitative estimate of drug-likeness (QED) is 0.443. The maximum atomic E-state index is 13.4. The number of nitrogens with one attached hydrogen (secondary N) is 1. The summed E-state index contributed by atoms with van der Waals surface area (Å²) in [5.41, 5.74) is 4.39. The molecule has 0 saturated carbocycles. The Hall–Kier alpha value is -2.94. The third kappa shape index (κ3) is 4.46. The third-order valence-corrected chi connectivity index (χ3v) is 5.71. The van der Waals surface area contributed by atoms with Gasteiger partial charge in [0, 0.05) is 37.4 Å². The van der Waals surface area contributed by atoms with Gasteiger partial charge in [-0.3, -0.25) is 20.0 Å². The van der Waals surface area contributed by atoms with Gasteiger partial charge in [0.2, 0.25) is 0 Å². The predicted octanol–water partition coefficient (Wildman–Crippen LogP) is 1.43. The number of nitrogen functional groups attached to an aromatic ring is 1. The van der Waals surface area contributed by atoms with Crippen LogP contribution in [-0.4, -0.2) is 67.2 Å². The number of nitrogens with two attached hydrogens (primary N) is 1.